The lowest BCUT2D eigenvalue weighted by atomic mass is 10.2. The van der Waals surface area contributed by atoms with Gasteiger partial charge < -0.3 is 9.80 Å². The van der Waals surface area contributed by atoms with E-state index in [2.05, 4.69) is 14.9 Å². The summed E-state index contributed by atoms with van der Waals surface area (Å²) in [6.07, 6.45) is 7.04. The molecule has 1 saturated heterocycles. The molecule has 0 aromatic carbocycles. The van der Waals surface area contributed by atoms with Crippen LogP contribution < -0.4 is 9.80 Å². The SMILES string of the molecule is CN(C)c1ccnc(N2CCCCCC2)n1. The quantitative estimate of drug-likeness (QED) is 0.762. The van der Waals surface area contributed by atoms with Crippen molar-refractivity contribution >= 4 is 11.8 Å². The molecule has 0 atom stereocenters. The highest BCUT2D eigenvalue weighted by Crippen LogP contribution is 2.17. The van der Waals surface area contributed by atoms with Crippen molar-refractivity contribution in [2.75, 3.05) is 37.0 Å². The van der Waals surface area contributed by atoms with E-state index in [9.17, 15) is 0 Å². The van der Waals surface area contributed by atoms with E-state index in [1.165, 1.54) is 25.7 Å². The molecule has 1 aliphatic heterocycles. The Labute approximate surface area is 97.3 Å². The smallest absolute Gasteiger partial charge is 0.227 e. The molecule has 1 aromatic rings. The fraction of sp³-hybridized carbons (Fsp3) is 0.667. The average molecular weight is 220 g/mol. The number of hydrogen-bond donors (Lipinski definition) is 0. The van der Waals surface area contributed by atoms with Crippen molar-refractivity contribution in [3.8, 4) is 0 Å². The van der Waals surface area contributed by atoms with Gasteiger partial charge in [-0.25, -0.2) is 4.98 Å². The Morgan fingerprint density at radius 1 is 1.12 bits per heavy atom. The fourth-order valence-electron chi connectivity index (χ4n) is 2.01. The van der Waals surface area contributed by atoms with Gasteiger partial charge in [-0.2, -0.15) is 4.98 Å². The van der Waals surface area contributed by atoms with Crippen LogP contribution in [0.4, 0.5) is 11.8 Å². The van der Waals surface area contributed by atoms with Gasteiger partial charge in [-0.3, -0.25) is 0 Å². The lowest BCUT2D eigenvalue weighted by molar-refractivity contribution is 0.726. The summed E-state index contributed by atoms with van der Waals surface area (Å²) in [6, 6.07) is 1.95. The molecule has 4 heteroatoms. The van der Waals surface area contributed by atoms with Crippen molar-refractivity contribution in [1.82, 2.24) is 9.97 Å². The molecule has 2 rings (SSSR count). The lowest BCUT2D eigenvalue weighted by Crippen LogP contribution is -2.26. The molecule has 0 amide bonds. The van der Waals surface area contributed by atoms with Gasteiger partial charge in [0, 0.05) is 33.4 Å². The summed E-state index contributed by atoms with van der Waals surface area (Å²) in [6.45, 7) is 2.19. The molecule has 1 aliphatic rings. The third-order valence-corrected chi connectivity index (χ3v) is 2.98. The summed E-state index contributed by atoms with van der Waals surface area (Å²) in [5.41, 5.74) is 0. The second kappa shape index (κ2) is 5.14. The van der Waals surface area contributed by atoms with Crippen LogP contribution in [0.1, 0.15) is 25.7 Å². The predicted molar refractivity (Wildman–Crippen MR) is 67.0 cm³/mol. The molecule has 1 fully saturated rings. The van der Waals surface area contributed by atoms with E-state index in [-0.39, 0.29) is 0 Å². The molecule has 0 N–H and O–H groups in total. The summed E-state index contributed by atoms with van der Waals surface area (Å²) in [4.78, 5) is 13.3. The highest BCUT2D eigenvalue weighted by Gasteiger charge is 2.12. The van der Waals surface area contributed by atoms with Crippen LogP contribution in [0.15, 0.2) is 12.3 Å². The first-order valence-corrected chi connectivity index (χ1v) is 6.03. The van der Waals surface area contributed by atoms with Crippen LogP contribution in [0.5, 0.6) is 0 Å². The van der Waals surface area contributed by atoms with E-state index in [4.69, 9.17) is 0 Å². The summed E-state index contributed by atoms with van der Waals surface area (Å²) in [5, 5.41) is 0. The monoisotopic (exact) mass is 220 g/mol. The van der Waals surface area contributed by atoms with Crippen molar-refractivity contribution in [2.45, 2.75) is 25.7 Å². The van der Waals surface area contributed by atoms with Crippen LogP contribution in [0.3, 0.4) is 0 Å². The van der Waals surface area contributed by atoms with Gasteiger partial charge in [0.1, 0.15) is 5.82 Å². The standard InChI is InChI=1S/C12H20N4/c1-15(2)11-7-8-13-12(14-11)16-9-5-3-4-6-10-16/h7-8H,3-6,9-10H2,1-2H3. The Kier molecular flexibility index (Phi) is 3.59. The van der Waals surface area contributed by atoms with Gasteiger partial charge in [0.15, 0.2) is 0 Å². The maximum absolute atomic E-state index is 4.58. The number of anilines is 2. The first-order chi connectivity index (χ1) is 7.77. The molecular weight excluding hydrogens is 200 g/mol. The number of hydrogen-bond acceptors (Lipinski definition) is 4. The Morgan fingerprint density at radius 2 is 1.81 bits per heavy atom. The van der Waals surface area contributed by atoms with Gasteiger partial charge in [0.2, 0.25) is 5.95 Å². The second-order valence-corrected chi connectivity index (χ2v) is 4.51. The minimum absolute atomic E-state index is 0.883. The zero-order chi connectivity index (χ0) is 11.4. The number of rotatable bonds is 2. The van der Waals surface area contributed by atoms with E-state index < -0.39 is 0 Å². The maximum Gasteiger partial charge on any atom is 0.227 e. The molecule has 4 nitrogen and oxygen atoms in total. The maximum atomic E-state index is 4.58. The van der Waals surface area contributed by atoms with E-state index in [1.54, 1.807) is 0 Å². The molecule has 0 bridgehead atoms. The van der Waals surface area contributed by atoms with Crippen LogP contribution in [-0.4, -0.2) is 37.2 Å². The average Bonchev–Trinajstić information content (AvgIpc) is 2.57. The zero-order valence-corrected chi connectivity index (χ0v) is 10.2. The van der Waals surface area contributed by atoms with Gasteiger partial charge in [-0.1, -0.05) is 12.8 Å². The van der Waals surface area contributed by atoms with Crippen LogP contribution >= 0.6 is 0 Å². The summed E-state index contributed by atoms with van der Waals surface area (Å²) in [7, 11) is 4.02. The van der Waals surface area contributed by atoms with Crippen molar-refractivity contribution in [3.63, 3.8) is 0 Å². The first kappa shape index (κ1) is 11.2. The second-order valence-electron chi connectivity index (χ2n) is 4.51. The number of nitrogens with zero attached hydrogens (tertiary/aromatic N) is 4. The van der Waals surface area contributed by atoms with E-state index in [0.717, 1.165) is 24.9 Å². The molecule has 0 radical (unpaired) electrons. The van der Waals surface area contributed by atoms with E-state index >= 15 is 0 Å². The summed E-state index contributed by atoms with van der Waals surface area (Å²) >= 11 is 0. The molecule has 0 spiro atoms. The lowest BCUT2D eigenvalue weighted by Gasteiger charge is -2.21. The molecule has 0 unspecified atom stereocenters. The summed E-state index contributed by atoms with van der Waals surface area (Å²) in [5.74, 6) is 1.86. The third-order valence-electron chi connectivity index (χ3n) is 2.98. The first-order valence-electron chi connectivity index (χ1n) is 6.03. The fourth-order valence-corrected chi connectivity index (χ4v) is 2.01. The molecule has 0 aliphatic carbocycles. The Hall–Kier alpha value is -1.32. The molecule has 16 heavy (non-hydrogen) atoms. The van der Waals surface area contributed by atoms with Crippen molar-refractivity contribution in [2.24, 2.45) is 0 Å². The third kappa shape index (κ3) is 2.62. The highest BCUT2D eigenvalue weighted by atomic mass is 15.3. The van der Waals surface area contributed by atoms with Crippen molar-refractivity contribution in [1.29, 1.82) is 0 Å². The number of aromatic nitrogens is 2. The van der Waals surface area contributed by atoms with Crippen LogP contribution in [-0.2, 0) is 0 Å². The molecule has 0 saturated carbocycles. The minimum Gasteiger partial charge on any atom is -0.363 e. The summed E-state index contributed by atoms with van der Waals surface area (Å²) < 4.78 is 0. The molecule has 88 valence electrons. The topological polar surface area (TPSA) is 32.3 Å². The van der Waals surface area contributed by atoms with Crippen molar-refractivity contribution in [3.05, 3.63) is 12.3 Å². The largest absolute Gasteiger partial charge is 0.363 e. The van der Waals surface area contributed by atoms with Crippen LogP contribution in [0.25, 0.3) is 0 Å². The molecule has 2 heterocycles. The van der Waals surface area contributed by atoms with Crippen LogP contribution in [0.2, 0.25) is 0 Å². The Morgan fingerprint density at radius 3 is 2.44 bits per heavy atom. The zero-order valence-electron chi connectivity index (χ0n) is 10.2. The van der Waals surface area contributed by atoms with E-state index in [0.29, 0.717) is 0 Å². The Balaban J connectivity index is 2.15. The van der Waals surface area contributed by atoms with Gasteiger partial charge in [0.25, 0.3) is 0 Å². The van der Waals surface area contributed by atoms with Gasteiger partial charge in [-0.15, -0.1) is 0 Å². The molecule has 1 aromatic heterocycles. The van der Waals surface area contributed by atoms with Gasteiger partial charge in [-0.05, 0) is 18.9 Å². The van der Waals surface area contributed by atoms with Crippen LogP contribution in [0, 0.1) is 0 Å². The predicted octanol–water partition coefficient (Wildman–Crippen LogP) is 1.92. The minimum atomic E-state index is 0.883. The van der Waals surface area contributed by atoms with Gasteiger partial charge in [0.05, 0.1) is 0 Å². The van der Waals surface area contributed by atoms with Crippen molar-refractivity contribution < 1.29 is 0 Å². The molecular formula is C12H20N4. The highest BCUT2D eigenvalue weighted by molar-refractivity contribution is 5.42. The van der Waals surface area contributed by atoms with Gasteiger partial charge >= 0.3 is 0 Å². The normalized spacial score (nSPS) is 17.0. The van der Waals surface area contributed by atoms with E-state index in [1.807, 2.05) is 31.3 Å². The Bertz CT molecular complexity index is 330.